The molecule has 1 heterocycles. The molecule has 130 valence electrons. The first kappa shape index (κ1) is 17.4. The minimum atomic E-state index is -0.620. The topological polar surface area (TPSA) is 126 Å². The van der Waals surface area contributed by atoms with Gasteiger partial charge in [0.25, 0.3) is 11.2 Å². The number of aromatic hydroxyl groups is 1. The summed E-state index contributed by atoms with van der Waals surface area (Å²) in [6, 6.07) is 13.4. The second-order valence-corrected chi connectivity index (χ2v) is 6.18. The van der Waals surface area contributed by atoms with Crippen LogP contribution in [0.25, 0.3) is 0 Å². The van der Waals surface area contributed by atoms with Gasteiger partial charge in [-0.3, -0.25) is 19.7 Å². The molecule has 8 nitrogen and oxygen atoms in total. The summed E-state index contributed by atoms with van der Waals surface area (Å²) < 4.78 is 0. The second kappa shape index (κ2) is 7.19. The SMILES string of the molecule is O=C(c1ccccc1)c1ccc(Sc2nc(O)cc(=O)[nH]2)c([N+](=O)[O-])c1. The van der Waals surface area contributed by atoms with Crippen LogP contribution < -0.4 is 5.56 Å². The van der Waals surface area contributed by atoms with Gasteiger partial charge in [-0.15, -0.1) is 0 Å². The van der Waals surface area contributed by atoms with Crippen LogP contribution >= 0.6 is 11.8 Å². The van der Waals surface area contributed by atoms with Gasteiger partial charge >= 0.3 is 0 Å². The molecule has 0 saturated heterocycles. The highest BCUT2D eigenvalue weighted by molar-refractivity contribution is 7.99. The molecule has 0 fully saturated rings. The predicted octanol–water partition coefficient (Wildman–Crippen LogP) is 2.77. The van der Waals surface area contributed by atoms with Gasteiger partial charge in [-0.25, -0.2) is 0 Å². The van der Waals surface area contributed by atoms with E-state index in [1.54, 1.807) is 30.3 Å². The van der Waals surface area contributed by atoms with Gasteiger partial charge in [0.1, 0.15) is 0 Å². The van der Waals surface area contributed by atoms with Crippen molar-refractivity contribution in [2.24, 2.45) is 0 Å². The lowest BCUT2D eigenvalue weighted by molar-refractivity contribution is -0.387. The molecule has 0 atom stereocenters. The average Bonchev–Trinajstić information content (AvgIpc) is 2.61. The molecular formula is C17H11N3O5S. The van der Waals surface area contributed by atoms with Gasteiger partial charge < -0.3 is 10.1 Å². The van der Waals surface area contributed by atoms with Gasteiger partial charge in [0.05, 0.1) is 15.9 Å². The molecule has 0 spiro atoms. The third kappa shape index (κ3) is 3.78. The largest absolute Gasteiger partial charge is 0.493 e. The van der Waals surface area contributed by atoms with Gasteiger partial charge in [0.15, 0.2) is 10.9 Å². The van der Waals surface area contributed by atoms with Crippen LogP contribution in [0.5, 0.6) is 5.88 Å². The highest BCUT2D eigenvalue weighted by Crippen LogP contribution is 2.34. The normalized spacial score (nSPS) is 10.5. The Morgan fingerprint density at radius 2 is 1.85 bits per heavy atom. The zero-order valence-corrected chi connectivity index (χ0v) is 13.9. The van der Waals surface area contributed by atoms with Crippen LogP contribution in [0.2, 0.25) is 0 Å². The van der Waals surface area contributed by atoms with E-state index in [9.17, 15) is 24.8 Å². The number of nitrogens with one attached hydrogen (secondary N) is 1. The summed E-state index contributed by atoms with van der Waals surface area (Å²) in [4.78, 5) is 40.9. The summed E-state index contributed by atoms with van der Waals surface area (Å²) in [5.74, 6) is -0.830. The fraction of sp³-hybridized carbons (Fsp3) is 0. The molecule has 0 unspecified atom stereocenters. The summed E-state index contributed by atoms with van der Waals surface area (Å²) in [6.45, 7) is 0. The van der Waals surface area contributed by atoms with Crippen LogP contribution in [-0.4, -0.2) is 25.8 Å². The van der Waals surface area contributed by atoms with E-state index >= 15 is 0 Å². The zero-order chi connectivity index (χ0) is 18.7. The Bertz CT molecular complexity index is 1050. The summed E-state index contributed by atoms with van der Waals surface area (Å²) >= 11 is 0.807. The van der Waals surface area contributed by atoms with Gasteiger partial charge in [-0.05, 0) is 23.9 Å². The number of hydrogen-bond donors (Lipinski definition) is 2. The van der Waals surface area contributed by atoms with Crippen LogP contribution in [0, 0.1) is 10.1 Å². The molecule has 1 aromatic heterocycles. The zero-order valence-electron chi connectivity index (χ0n) is 13.1. The minimum Gasteiger partial charge on any atom is -0.493 e. The summed E-state index contributed by atoms with van der Waals surface area (Å²) in [5, 5.41) is 20.8. The number of rotatable bonds is 5. The van der Waals surface area contributed by atoms with Crippen LogP contribution in [0.15, 0.2) is 69.4 Å². The molecule has 0 bridgehead atoms. The summed E-state index contributed by atoms with van der Waals surface area (Å²) in [5.41, 5.74) is -0.299. The van der Waals surface area contributed by atoms with Gasteiger partial charge in [0.2, 0.25) is 5.88 Å². The van der Waals surface area contributed by atoms with Crippen molar-refractivity contribution in [3.63, 3.8) is 0 Å². The van der Waals surface area contributed by atoms with Crippen molar-refractivity contribution >= 4 is 23.2 Å². The molecule has 3 aromatic rings. The lowest BCUT2D eigenvalue weighted by Crippen LogP contribution is -2.06. The van der Waals surface area contributed by atoms with Crippen molar-refractivity contribution in [1.29, 1.82) is 0 Å². The van der Waals surface area contributed by atoms with Gasteiger partial charge in [0, 0.05) is 17.2 Å². The van der Waals surface area contributed by atoms with Crippen molar-refractivity contribution in [2.75, 3.05) is 0 Å². The first-order valence-corrected chi connectivity index (χ1v) is 8.12. The maximum atomic E-state index is 12.5. The first-order valence-electron chi connectivity index (χ1n) is 7.30. The van der Waals surface area contributed by atoms with Crippen LogP contribution in [0.3, 0.4) is 0 Å². The first-order chi connectivity index (χ1) is 12.4. The Balaban J connectivity index is 1.98. The summed E-state index contributed by atoms with van der Waals surface area (Å²) in [7, 11) is 0. The molecule has 0 saturated carbocycles. The lowest BCUT2D eigenvalue weighted by atomic mass is 10.0. The van der Waals surface area contributed by atoms with E-state index in [-0.39, 0.29) is 27.1 Å². The number of hydrogen-bond acceptors (Lipinski definition) is 7. The van der Waals surface area contributed by atoms with Crippen LogP contribution in [-0.2, 0) is 0 Å². The van der Waals surface area contributed by atoms with Crippen LogP contribution in [0.4, 0.5) is 5.69 Å². The minimum absolute atomic E-state index is 0.000218. The molecule has 9 heteroatoms. The lowest BCUT2D eigenvalue weighted by Gasteiger charge is -2.05. The number of nitro groups is 1. The van der Waals surface area contributed by atoms with Crippen molar-refractivity contribution in [1.82, 2.24) is 9.97 Å². The van der Waals surface area contributed by atoms with E-state index in [1.165, 1.54) is 18.2 Å². The van der Waals surface area contributed by atoms with E-state index in [1.807, 2.05) is 0 Å². The average molecular weight is 369 g/mol. The highest BCUT2D eigenvalue weighted by Gasteiger charge is 2.20. The van der Waals surface area contributed by atoms with Crippen molar-refractivity contribution < 1.29 is 14.8 Å². The van der Waals surface area contributed by atoms with Gasteiger partial charge in [-0.1, -0.05) is 30.3 Å². The van der Waals surface area contributed by atoms with Crippen LogP contribution in [0.1, 0.15) is 15.9 Å². The number of nitro benzene ring substituents is 1. The monoisotopic (exact) mass is 369 g/mol. The Hall–Kier alpha value is -3.46. The Morgan fingerprint density at radius 3 is 2.50 bits per heavy atom. The third-order valence-electron chi connectivity index (χ3n) is 3.37. The highest BCUT2D eigenvalue weighted by atomic mass is 32.2. The quantitative estimate of drug-likeness (QED) is 0.306. The number of carbonyl (C=O) groups excluding carboxylic acids is 1. The van der Waals surface area contributed by atoms with E-state index < -0.39 is 16.4 Å². The van der Waals surface area contributed by atoms with E-state index in [0.29, 0.717) is 5.56 Å². The third-order valence-corrected chi connectivity index (χ3v) is 4.32. The number of nitrogens with zero attached hydrogens (tertiary/aromatic N) is 2. The Labute approximate surface area is 150 Å². The number of H-pyrrole nitrogens is 1. The van der Waals surface area contributed by atoms with E-state index in [2.05, 4.69) is 9.97 Å². The summed E-state index contributed by atoms with van der Waals surface area (Å²) in [6.07, 6.45) is 0. The maximum absolute atomic E-state index is 12.5. The number of carbonyl (C=O) groups is 1. The number of aromatic nitrogens is 2. The molecule has 26 heavy (non-hydrogen) atoms. The van der Waals surface area contributed by atoms with Crippen molar-refractivity contribution in [2.45, 2.75) is 10.1 Å². The Morgan fingerprint density at radius 1 is 1.12 bits per heavy atom. The molecule has 0 radical (unpaired) electrons. The number of ketones is 1. The maximum Gasteiger partial charge on any atom is 0.284 e. The van der Waals surface area contributed by atoms with E-state index in [4.69, 9.17) is 0 Å². The standard InChI is InChI=1S/C17H11N3O5S/c21-14-9-15(22)19-17(18-14)26-13-7-6-11(8-12(13)20(24)25)16(23)10-4-2-1-3-5-10/h1-9H,(H2,18,19,21,22). The van der Waals surface area contributed by atoms with Gasteiger partial charge in [-0.2, -0.15) is 4.98 Å². The number of benzene rings is 2. The molecule has 2 N–H and O–H groups in total. The molecule has 0 aliphatic carbocycles. The smallest absolute Gasteiger partial charge is 0.284 e. The molecule has 2 aromatic carbocycles. The molecular weight excluding hydrogens is 358 g/mol. The molecule has 0 aliphatic heterocycles. The van der Waals surface area contributed by atoms with E-state index in [0.717, 1.165) is 17.8 Å². The Kier molecular flexibility index (Phi) is 4.81. The van der Waals surface area contributed by atoms with Crippen molar-refractivity contribution in [3.8, 4) is 5.88 Å². The molecule has 0 amide bonds. The second-order valence-electron chi connectivity index (χ2n) is 5.15. The fourth-order valence-electron chi connectivity index (χ4n) is 2.22. The fourth-order valence-corrected chi connectivity index (χ4v) is 3.09. The number of aromatic amines is 1. The van der Waals surface area contributed by atoms with Crippen molar-refractivity contribution in [3.05, 3.63) is 86.2 Å². The predicted molar refractivity (Wildman–Crippen MR) is 93.6 cm³/mol. The molecule has 3 rings (SSSR count). The molecule has 0 aliphatic rings.